The van der Waals surface area contributed by atoms with Crippen molar-refractivity contribution in [1.29, 1.82) is 0 Å². The van der Waals surface area contributed by atoms with E-state index >= 15 is 0 Å². The summed E-state index contributed by atoms with van der Waals surface area (Å²) in [6.45, 7) is 5.73. The number of nitrogens with one attached hydrogen (secondary N) is 3. The highest BCUT2D eigenvalue weighted by molar-refractivity contribution is 6.03. The fourth-order valence-corrected chi connectivity index (χ4v) is 3.12. The molecule has 0 saturated heterocycles. The molecule has 1 aromatic heterocycles. The Morgan fingerprint density at radius 3 is 2.53 bits per heavy atom. The number of aromatic nitrogens is 4. The molecule has 2 aromatic rings. The topological polar surface area (TPSA) is 113 Å². The number of fused-ring (bicyclic) bond motifs is 2. The Labute approximate surface area is 173 Å². The normalized spacial score (nSPS) is 12.1. The Bertz CT molecular complexity index is 1200. The first-order valence-electron chi connectivity index (χ1n) is 9.80. The number of aryl methyl sites for hydroxylation is 1. The Morgan fingerprint density at radius 2 is 1.80 bits per heavy atom. The molecule has 152 valence electrons. The molecular weight excluding hydrogens is 380 g/mol. The highest BCUT2D eigenvalue weighted by atomic mass is 16.2. The van der Waals surface area contributed by atoms with Crippen LogP contribution in [0.3, 0.4) is 0 Å². The first kappa shape index (κ1) is 19.5. The number of hydrogen-bond donors (Lipinski definition) is 3. The summed E-state index contributed by atoms with van der Waals surface area (Å²) in [6, 6.07) is 12.6. The number of carbonyl (C=O) groups is 2. The van der Waals surface area contributed by atoms with Gasteiger partial charge in [-0.25, -0.2) is 15.0 Å². The van der Waals surface area contributed by atoms with Gasteiger partial charge in [-0.1, -0.05) is 32.0 Å². The molecule has 0 bridgehead atoms. The number of imidazole rings is 2. The monoisotopic (exact) mass is 402 g/mol. The van der Waals surface area contributed by atoms with Gasteiger partial charge in [0.15, 0.2) is 0 Å². The van der Waals surface area contributed by atoms with Crippen LogP contribution in [-0.2, 0) is 4.79 Å². The van der Waals surface area contributed by atoms with E-state index in [1.165, 1.54) is 0 Å². The van der Waals surface area contributed by atoms with Gasteiger partial charge in [0.2, 0.25) is 17.8 Å². The molecule has 1 atom stereocenters. The Kier molecular flexibility index (Phi) is 5.14. The van der Waals surface area contributed by atoms with E-state index in [0.29, 0.717) is 28.4 Å². The lowest BCUT2D eigenvalue weighted by Crippen LogP contribution is -2.20. The number of rotatable bonds is 5. The number of anilines is 2. The molecule has 0 spiro atoms. The standard InChI is InChI=1S/C22H22N6O2/c1-4-12(2)19(29)27-21-23-15-10-11-16-18(13(3)17(15)25-21)26-22(24-16)28-20(30)14-8-6-5-7-9-14/h5-12H,4H2,1-3H3,(H2,23,25,27,29)(H,24,26,28,30)/t12-/m0/s1. The largest absolute Gasteiger partial charge is 0.324 e. The molecule has 0 radical (unpaired) electrons. The highest BCUT2D eigenvalue weighted by Gasteiger charge is 2.19. The van der Waals surface area contributed by atoms with Crippen molar-refractivity contribution < 1.29 is 9.59 Å². The van der Waals surface area contributed by atoms with Gasteiger partial charge in [0, 0.05) is 17.0 Å². The molecule has 3 N–H and O–H groups in total. The van der Waals surface area contributed by atoms with E-state index in [1.54, 1.807) is 24.3 Å². The fourth-order valence-electron chi connectivity index (χ4n) is 3.12. The average molecular weight is 402 g/mol. The molecule has 1 aliphatic carbocycles. The summed E-state index contributed by atoms with van der Waals surface area (Å²) in [4.78, 5) is 41.1. The maximum atomic E-state index is 12.4. The molecule has 1 aliphatic heterocycles. The van der Waals surface area contributed by atoms with Gasteiger partial charge in [-0.15, -0.1) is 0 Å². The Morgan fingerprint density at radius 1 is 1.03 bits per heavy atom. The SMILES string of the molecule is CC[C@H](C)C(=O)Nc1nc2c(C)c3nc(NC(=O)c4ccccc4)nc-3ccc2[nH]1. The molecule has 2 amide bonds. The van der Waals surface area contributed by atoms with Crippen LogP contribution in [0.25, 0.3) is 22.4 Å². The minimum absolute atomic E-state index is 0.0808. The summed E-state index contributed by atoms with van der Waals surface area (Å²) in [5, 5.41) is 5.56. The molecule has 0 saturated carbocycles. The highest BCUT2D eigenvalue weighted by Crippen LogP contribution is 2.29. The maximum absolute atomic E-state index is 12.4. The number of amides is 2. The second-order valence-electron chi connectivity index (χ2n) is 7.21. The molecule has 8 nitrogen and oxygen atoms in total. The third kappa shape index (κ3) is 3.71. The van der Waals surface area contributed by atoms with Crippen molar-refractivity contribution in [2.24, 2.45) is 5.92 Å². The van der Waals surface area contributed by atoms with Crippen LogP contribution in [0.2, 0.25) is 0 Å². The van der Waals surface area contributed by atoms with Crippen molar-refractivity contribution in [2.45, 2.75) is 27.2 Å². The van der Waals surface area contributed by atoms with E-state index in [2.05, 4.69) is 30.6 Å². The molecule has 2 aliphatic rings. The van der Waals surface area contributed by atoms with Crippen molar-refractivity contribution in [1.82, 2.24) is 19.9 Å². The summed E-state index contributed by atoms with van der Waals surface area (Å²) < 4.78 is 0. The number of aromatic amines is 1. The van der Waals surface area contributed by atoms with Crippen LogP contribution in [-0.4, -0.2) is 31.8 Å². The summed E-state index contributed by atoms with van der Waals surface area (Å²) >= 11 is 0. The van der Waals surface area contributed by atoms with Crippen molar-refractivity contribution in [3.8, 4) is 11.4 Å². The van der Waals surface area contributed by atoms with Crippen molar-refractivity contribution in [3.05, 3.63) is 53.6 Å². The molecule has 30 heavy (non-hydrogen) atoms. The smallest absolute Gasteiger partial charge is 0.258 e. The van der Waals surface area contributed by atoms with Crippen LogP contribution >= 0.6 is 0 Å². The van der Waals surface area contributed by atoms with Gasteiger partial charge in [-0.3, -0.25) is 20.2 Å². The Hall–Kier alpha value is -3.81. The molecular formula is C22H22N6O2. The molecule has 2 heterocycles. The zero-order chi connectivity index (χ0) is 21.3. The lowest BCUT2D eigenvalue weighted by molar-refractivity contribution is -0.119. The van der Waals surface area contributed by atoms with Gasteiger partial charge in [0.25, 0.3) is 5.91 Å². The summed E-state index contributed by atoms with van der Waals surface area (Å²) in [5.74, 6) is 0.187. The molecule has 0 unspecified atom stereocenters. The van der Waals surface area contributed by atoms with Crippen LogP contribution in [0.4, 0.5) is 11.9 Å². The average Bonchev–Trinajstić information content (AvgIpc) is 3.32. The molecule has 8 heteroatoms. The van der Waals surface area contributed by atoms with Crippen molar-refractivity contribution in [3.63, 3.8) is 0 Å². The van der Waals surface area contributed by atoms with Crippen LogP contribution in [0.15, 0.2) is 42.5 Å². The third-order valence-electron chi connectivity index (χ3n) is 5.10. The lowest BCUT2D eigenvalue weighted by atomic mass is 10.1. The van der Waals surface area contributed by atoms with Crippen LogP contribution in [0.5, 0.6) is 0 Å². The van der Waals surface area contributed by atoms with Crippen molar-refractivity contribution >= 4 is 34.7 Å². The van der Waals surface area contributed by atoms with Gasteiger partial charge in [0.1, 0.15) is 0 Å². The fraction of sp³-hybridized carbons (Fsp3) is 0.227. The van der Waals surface area contributed by atoms with Crippen molar-refractivity contribution in [2.75, 3.05) is 10.6 Å². The number of H-pyrrole nitrogens is 1. The number of carbonyl (C=O) groups excluding carboxylic acids is 2. The summed E-state index contributed by atoms with van der Waals surface area (Å²) in [6.07, 6.45) is 0.751. The number of benzene rings is 1. The zero-order valence-corrected chi connectivity index (χ0v) is 17.0. The molecule has 4 rings (SSSR count). The first-order chi connectivity index (χ1) is 14.5. The lowest BCUT2D eigenvalue weighted by Gasteiger charge is -2.06. The minimum Gasteiger partial charge on any atom is -0.324 e. The zero-order valence-electron chi connectivity index (χ0n) is 17.0. The quantitative estimate of drug-likeness (QED) is 0.467. The van der Waals surface area contributed by atoms with E-state index in [1.807, 2.05) is 39.0 Å². The second kappa shape index (κ2) is 7.90. The van der Waals surface area contributed by atoms with E-state index in [0.717, 1.165) is 17.5 Å². The molecule has 1 aromatic carbocycles. The van der Waals surface area contributed by atoms with E-state index in [4.69, 9.17) is 0 Å². The maximum Gasteiger partial charge on any atom is 0.258 e. The van der Waals surface area contributed by atoms with Gasteiger partial charge >= 0.3 is 0 Å². The van der Waals surface area contributed by atoms with Crippen LogP contribution < -0.4 is 10.6 Å². The van der Waals surface area contributed by atoms with Gasteiger partial charge in [-0.2, -0.15) is 0 Å². The number of hydrogen-bond acceptors (Lipinski definition) is 5. The predicted molar refractivity (Wildman–Crippen MR) is 116 cm³/mol. The van der Waals surface area contributed by atoms with E-state index < -0.39 is 0 Å². The predicted octanol–water partition coefficient (Wildman–Crippen LogP) is 4.00. The summed E-state index contributed by atoms with van der Waals surface area (Å²) in [7, 11) is 0. The van der Waals surface area contributed by atoms with Gasteiger partial charge < -0.3 is 4.98 Å². The minimum atomic E-state index is -0.270. The van der Waals surface area contributed by atoms with E-state index in [-0.39, 0.29) is 23.7 Å². The van der Waals surface area contributed by atoms with Crippen LogP contribution in [0.1, 0.15) is 36.2 Å². The first-order valence-corrected chi connectivity index (χ1v) is 9.80. The van der Waals surface area contributed by atoms with Gasteiger partial charge in [-0.05, 0) is 37.6 Å². The molecule has 0 fully saturated rings. The Balaban J connectivity index is 1.66. The third-order valence-corrected chi connectivity index (χ3v) is 5.10. The van der Waals surface area contributed by atoms with E-state index in [9.17, 15) is 9.59 Å². The number of nitrogens with zero attached hydrogens (tertiary/aromatic N) is 3. The van der Waals surface area contributed by atoms with Crippen LogP contribution in [0, 0.1) is 12.8 Å². The van der Waals surface area contributed by atoms with Gasteiger partial charge in [0.05, 0.1) is 22.4 Å². The second-order valence-corrected chi connectivity index (χ2v) is 7.21. The summed E-state index contributed by atoms with van der Waals surface area (Å²) in [5.41, 5.74) is 4.07.